The molecule has 1 unspecified atom stereocenters. The third-order valence-electron chi connectivity index (χ3n) is 2.67. The van der Waals surface area contributed by atoms with Crippen LogP contribution in [0.1, 0.15) is 17.2 Å². The fourth-order valence-electron chi connectivity index (χ4n) is 1.68. The molecule has 0 aliphatic rings. The topological polar surface area (TPSA) is 20.2 Å². The third-order valence-corrected chi connectivity index (χ3v) is 4.13. The molecular formula is C14H11Cl2IO. The van der Waals surface area contributed by atoms with E-state index < -0.39 is 6.10 Å². The van der Waals surface area contributed by atoms with Gasteiger partial charge < -0.3 is 5.11 Å². The van der Waals surface area contributed by atoms with Crippen molar-refractivity contribution in [3.63, 3.8) is 0 Å². The fourth-order valence-corrected chi connectivity index (χ4v) is 2.35. The van der Waals surface area contributed by atoms with E-state index in [0.29, 0.717) is 16.5 Å². The summed E-state index contributed by atoms with van der Waals surface area (Å²) in [5, 5.41) is 11.1. The summed E-state index contributed by atoms with van der Waals surface area (Å²) in [6.07, 6.45) is -0.00524. The Balaban J connectivity index is 2.13. The molecule has 0 aliphatic heterocycles. The van der Waals surface area contributed by atoms with Gasteiger partial charge in [-0.2, -0.15) is 0 Å². The van der Waals surface area contributed by atoms with Crippen LogP contribution in [0, 0.1) is 3.57 Å². The van der Waals surface area contributed by atoms with Crippen molar-refractivity contribution in [3.8, 4) is 0 Å². The van der Waals surface area contributed by atoms with E-state index in [0.717, 1.165) is 11.1 Å². The molecule has 1 N–H and O–H groups in total. The van der Waals surface area contributed by atoms with Crippen molar-refractivity contribution in [2.75, 3.05) is 0 Å². The highest BCUT2D eigenvalue weighted by Crippen LogP contribution is 2.27. The fraction of sp³-hybridized carbons (Fsp3) is 0.143. The van der Waals surface area contributed by atoms with Gasteiger partial charge >= 0.3 is 0 Å². The van der Waals surface area contributed by atoms with Crippen molar-refractivity contribution in [3.05, 3.63) is 67.2 Å². The maximum atomic E-state index is 10.2. The van der Waals surface area contributed by atoms with E-state index in [9.17, 15) is 5.11 Å². The van der Waals surface area contributed by atoms with Crippen LogP contribution >= 0.6 is 45.8 Å². The zero-order valence-electron chi connectivity index (χ0n) is 9.41. The van der Waals surface area contributed by atoms with Gasteiger partial charge in [-0.05, 0) is 58.0 Å². The van der Waals surface area contributed by atoms with Gasteiger partial charge in [-0.1, -0.05) is 41.4 Å². The molecule has 0 aromatic heterocycles. The maximum Gasteiger partial charge on any atom is 0.0830 e. The number of rotatable bonds is 3. The molecule has 4 heteroatoms. The maximum absolute atomic E-state index is 10.2. The predicted octanol–water partition coefficient (Wildman–Crippen LogP) is 4.87. The van der Waals surface area contributed by atoms with Crippen LogP contribution in [0.15, 0.2) is 42.5 Å². The van der Waals surface area contributed by atoms with Gasteiger partial charge in [-0.25, -0.2) is 0 Å². The number of hydrogen-bond acceptors (Lipinski definition) is 1. The molecule has 2 aromatic rings. The molecule has 0 bridgehead atoms. The Morgan fingerprint density at radius 3 is 2.28 bits per heavy atom. The van der Waals surface area contributed by atoms with Crippen LogP contribution in [0.3, 0.4) is 0 Å². The van der Waals surface area contributed by atoms with Gasteiger partial charge in [-0.15, -0.1) is 0 Å². The van der Waals surface area contributed by atoms with Crippen molar-refractivity contribution in [2.24, 2.45) is 0 Å². The Kier molecular flexibility index (Phi) is 4.90. The summed E-state index contributed by atoms with van der Waals surface area (Å²) in [5.41, 5.74) is 1.87. The Labute approximate surface area is 130 Å². The Morgan fingerprint density at radius 1 is 1.00 bits per heavy atom. The smallest absolute Gasteiger partial charge is 0.0830 e. The number of aliphatic hydroxyl groups excluding tert-OH is 1. The summed E-state index contributed by atoms with van der Waals surface area (Å²) in [6.45, 7) is 0. The SMILES string of the molecule is OC(Cc1ccc(I)cc1)c1ccc(Cl)c(Cl)c1. The quantitative estimate of drug-likeness (QED) is 0.738. The lowest BCUT2D eigenvalue weighted by Gasteiger charge is -2.12. The number of hydrogen-bond donors (Lipinski definition) is 1. The first kappa shape index (κ1) is 14.1. The average molecular weight is 393 g/mol. The van der Waals surface area contributed by atoms with E-state index in [2.05, 4.69) is 22.6 Å². The summed E-state index contributed by atoms with van der Waals surface area (Å²) in [5.74, 6) is 0. The van der Waals surface area contributed by atoms with Crippen LogP contribution in [0.25, 0.3) is 0 Å². The average Bonchev–Trinajstić information content (AvgIpc) is 2.35. The van der Waals surface area contributed by atoms with Crippen molar-refractivity contribution in [1.82, 2.24) is 0 Å². The monoisotopic (exact) mass is 392 g/mol. The zero-order chi connectivity index (χ0) is 13.1. The zero-order valence-corrected chi connectivity index (χ0v) is 13.1. The van der Waals surface area contributed by atoms with E-state index >= 15 is 0 Å². The highest BCUT2D eigenvalue weighted by atomic mass is 127. The summed E-state index contributed by atoms with van der Waals surface area (Å²) < 4.78 is 1.18. The van der Waals surface area contributed by atoms with Gasteiger partial charge in [-0.3, -0.25) is 0 Å². The largest absolute Gasteiger partial charge is 0.388 e. The molecule has 1 atom stereocenters. The van der Waals surface area contributed by atoms with Crippen LogP contribution in [0.5, 0.6) is 0 Å². The van der Waals surface area contributed by atoms with Crippen LogP contribution < -0.4 is 0 Å². The van der Waals surface area contributed by atoms with E-state index in [1.54, 1.807) is 18.2 Å². The van der Waals surface area contributed by atoms with Gasteiger partial charge in [0.25, 0.3) is 0 Å². The predicted molar refractivity (Wildman–Crippen MR) is 84.3 cm³/mol. The van der Waals surface area contributed by atoms with E-state index in [1.807, 2.05) is 24.3 Å². The lowest BCUT2D eigenvalue weighted by molar-refractivity contribution is 0.178. The van der Waals surface area contributed by atoms with Gasteiger partial charge in [0.05, 0.1) is 16.1 Å². The highest BCUT2D eigenvalue weighted by Gasteiger charge is 2.10. The number of aliphatic hydroxyl groups is 1. The molecule has 0 radical (unpaired) electrons. The lowest BCUT2D eigenvalue weighted by Crippen LogP contribution is -2.01. The number of benzene rings is 2. The van der Waals surface area contributed by atoms with Crippen molar-refractivity contribution < 1.29 is 5.11 Å². The minimum Gasteiger partial charge on any atom is -0.388 e. The second kappa shape index (κ2) is 6.24. The summed E-state index contributed by atoms with van der Waals surface area (Å²) in [4.78, 5) is 0. The van der Waals surface area contributed by atoms with Crippen molar-refractivity contribution in [2.45, 2.75) is 12.5 Å². The molecule has 94 valence electrons. The molecule has 0 fully saturated rings. The second-order valence-electron chi connectivity index (χ2n) is 4.02. The van der Waals surface area contributed by atoms with E-state index in [-0.39, 0.29) is 0 Å². The van der Waals surface area contributed by atoms with Crippen LogP contribution in [-0.2, 0) is 6.42 Å². The van der Waals surface area contributed by atoms with Gasteiger partial charge in [0.1, 0.15) is 0 Å². The molecule has 0 spiro atoms. The summed E-state index contributed by atoms with van der Waals surface area (Å²) in [6, 6.07) is 13.3. The van der Waals surface area contributed by atoms with Crippen LogP contribution in [-0.4, -0.2) is 5.11 Å². The molecule has 0 saturated carbocycles. The molecular weight excluding hydrogens is 382 g/mol. The molecule has 18 heavy (non-hydrogen) atoms. The van der Waals surface area contributed by atoms with Gasteiger partial charge in [0.2, 0.25) is 0 Å². The van der Waals surface area contributed by atoms with E-state index in [1.165, 1.54) is 3.57 Å². The third kappa shape index (κ3) is 3.60. The Bertz CT molecular complexity index is 540. The first-order valence-corrected chi connectivity index (χ1v) is 7.27. The van der Waals surface area contributed by atoms with Crippen LogP contribution in [0.4, 0.5) is 0 Å². The van der Waals surface area contributed by atoms with E-state index in [4.69, 9.17) is 23.2 Å². The standard InChI is InChI=1S/C14H11Cl2IO/c15-12-6-3-10(8-13(12)16)14(18)7-9-1-4-11(17)5-2-9/h1-6,8,14,18H,7H2. The first-order chi connectivity index (χ1) is 8.56. The molecule has 0 amide bonds. The van der Waals surface area contributed by atoms with Gasteiger partial charge in [0, 0.05) is 9.99 Å². The second-order valence-corrected chi connectivity index (χ2v) is 6.08. The van der Waals surface area contributed by atoms with Crippen LogP contribution in [0.2, 0.25) is 10.0 Å². The Hall–Kier alpha value is -0.290. The van der Waals surface area contributed by atoms with Crippen molar-refractivity contribution in [1.29, 1.82) is 0 Å². The molecule has 1 nitrogen and oxygen atoms in total. The molecule has 2 aromatic carbocycles. The minimum atomic E-state index is -0.570. The molecule has 0 aliphatic carbocycles. The Morgan fingerprint density at radius 2 is 1.67 bits per heavy atom. The normalized spacial score (nSPS) is 12.4. The first-order valence-electron chi connectivity index (χ1n) is 5.44. The van der Waals surface area contributed by atoms with Crippen molar-refractivity contribution >= 4 is 45.8 Å². The molecule has 0 heterocycles. The minimum absolute atomic E-state index is 0.468. The number of halogens is 3. The molecule has 0 saturated heterocycles. The lowest BCUT2D eigenvalue weighted by atomic mass is 10.0. The summed E-state index contributed by atoms with van der Waals surface area (Å²) in [7, 11) is 0. The molecule has 2 rings (SSSR count). The van der Waals surface area contributed by atoms with Gasteiger partial charge in [0.15, 0.2) is 0 Å². The highest BCUT2D eigenvalue weighted by molar-refractivity contribution is 14.1. The summed E-state index contributed by atoms with van der Waals surface area (Å²) >= 11 is 14.0.